The van der Waals surface area contributed by atoms with Crippen LogP contribution in [0.2, 0.25) is 0 Å². The standard InChI is InChI=1S/C14H18N4O2/c1-20-10-6-8-18(9-7-10)17-14(19)13-11-4-2-3-5-12(11)15-16-13/h2-5,10H,6-9H2,1H3,(H,15,16)(H,17,19). The third-order valence-electron chi connectivity index (χ3n) is 3.72. The zero-order chi connectivity index (χ0) is 13.9. The average molecular weight is 274 g/mol. The molecule has 0 saturated carbocycles. The number of para-hydroxylation sites is 1. The molecule has 1 aromatic heterocycles. The lowest BCUT2D eigenvalue weighted by Crippen LogP contribution is -2.48. The molecule has 0 bridgehead atoms. The Bertz CT molecular complexity index is 602. The van der Waals surface area contributed by atoms with E-state index in [1.165, 1.54) is 0 Å². The van der Waals surface area contributed by atoms with E-state index in [2.05, 4.69) is 15.6 Å². The van der Waals surface area contributed by atoms with Gasteiger partial charge in [-0.2, -0.15) is 5.10 Å². The van der Waals surface area contributed by atoms with E-state index in [1.54, 1.807) is 7.11 Å². The third-order valence-corrected chi connectivity index (χ3v) is 3.72. The molecule has 6 nitrogen and oxygen atoms in total. The summed E-state index contributed by atoms with van der Waals surface area (Å²) in [7, 11) is 1.73. The molecule has 0 unspecified atom stereocenters. The summed E-state index contributed by atoms with van der Waals surface area (Å²) in [4.78, 5) is 12.3. The summed E-state index contributed by atoms with van der Waals surface area (Å²) in [5.74, 6) is -0.168. The molecule has 2 aromatic rings. The molecule has 1 aromatic carbocycles. The Hall–Kier alpha value is -1.92. The minimum Gasteiger partial charge on any atom is -0.381 e. The molecule has 0 spiro atoms. The number of piperidine rings is 1. The molecule has 0 radical (unpaired) electrons. The number of rotatable bonds is 3. The Morgan fingerprint density at radius 3 is 2.90 bits per heavy atom. The van der Waals surface area contributed by atoms with E-state index >= 15 is 0 Å². The van der Waals surface area contributed by atoms with Crippen LogP contribution in [0.15, 0.2) is 24.3 Å². The zero-order valence-corrected chi connectivity index (χ0v) is 11.4. The Kier molecular flexibility index (Phi) is 3.66. The Morgan fingerprint density at radius 1 is 1.40 bits per heavy atom. The van der Waals surface area contributed by atoms with Crippen molar-refractivity contribution in [2.45, 2.75) is 18.9 Å². The maximum Gasteiger partial charge on any atom is 0.286 e. The van der Waals surface area contributed by atoms with Crippen molar-refractivity contribution in [2.75, 3.05) is 20.2 Å². The van der Waals surface area contributed by atoms with Crippen molar-refractivity contribution in [1.29, 1.82) is 0 Å². The predicted octanol–water partition coefficient (Wildman–Crippen LogP) is 1.32. The van der Waals surface area contributed by atoms with Crippen LogP contribution in [0.25, 0.3) is 10.9 Å². The van der Waals surface area contributed by atoms with Crippen LogP contribution in [0.1, 0.15) is 23.3 Å². The van der Waals surface area contributed by atoms with Crippen LogP contribution in [0, 0.1) is 0 Å². The quantitative estimate of drug-likeness (QED) is 0.885. The lowest BCUT2D eigenvalue weighted by atomic mass is 10.1. The van der Waals surface area contributed by atoms with Crippen LogP contribution in [0.4, 0.5) is 0 Å². The van der Waals surface area contributed by atoms with E-state index in [0.29, 0.717) is 11.8 Å². The monoisotopic (exact) mass is 274 g/mol. The van der Waals surface area contributed by atoms with Crippen molar-refractivity contribution in [2.24, 2.45) is 0 Å². The molecule has 1 fully saturated rings. The van der Waals surface area contributed by atoms with Gasteiger partial charge in [-0.25, -0.2) is 5.01 Å². The van der Waals surface area contributed by atoms with Crippen LogP contribution in [-0.4, -0.2) is 47.4 Å². The van der Waals surface area contributed by atoms with Gasteiger partial charge >= 0.3 is 0 Å². The molecule has 0 aliphatic carbocycles. The third kappa shape index (κ3) is 2.52. The molecular formula is C14H18N4O2. The highest BCUT2D eigenvalue weighted by atomic mass is 16.5. The van der Waals surface area contributed by atoms with Gasteiger partial charge in [0.25, 0.3) is 5.91 Å². The van der Waals surface area contributed by atoms with Gasteiger partial charge in [-0.3, -0.25) is 15.3 Å². The summed E-state index contributed by atoms with van der Waals surface area (Å²) in [6.45, 7) is 1.60. The maximum absolute atomic E-state index is 12.3. The second-order valence-corrected chi connectivity index (χ2v) is 4.98. The van der Waals surface area contributed by atoms with Crippen LogP contribution < -0.4 is 5.43 Å². The van der Waals surface area contributed by atoms with Crippen molar-refractivity contribution in [3.05, 3.63) is 30.0 Å². The number of nitrogens with zero attached hydrogens (tertiary/aromatic N) is 2. The van der Waals surface area contributed by atoms with Crippen molar-refractivity contribution in [1.82, 2.24) is 20.6 Å². The molecular weight excluding hydrogens is 256 g/mol. The number of carbonyl (C=O) groups is 1. The number of fused-ring (bicyclic) bond motifs is 1. The van der Waals surface area contributed by atoms with E-state index in [-0.39, 0.29) is 5.91 Å². The Balaban J connectivity index is 1.68. The number of hydrazine groups is 1. The minimum atomic E-state index is -0.168. The fraction of sp³-hybridized carbons (Fsp3) is 0.429. The van der Waals surface area contributed by atoms with E-state index in [0.717, 1.165) is 36.8 Å². The molecule has 20 heavy (non-hydrogen) atoms. The first-order valence-electron chi connectivity index (χ1n) is 6.80. The fourth-order valence-electron chi connectivity index (χ4n) is 2.54. The molecule has 1 saturated heterocycles. The van der Waals surface area contributed by atoms with Crippen LogP contribution in [0.3, 0.4) is 0 Å². The van der Waals surface area contributed by atoms with Crippen molar-refractivity contribution in [3.63, 3.8) is 0 Å². The molecule has 1 aliphatic rings. The smallest absolute Gasteiger partial charge is 0.286 e. The first-order valence-corrected chi connectivity index (χ1v) is 6.80. The van der Waals surface area contributed by atoms with Crippen LogP contribution in [0.5, 0.6) is 0 Å². The van der Waals surface area contributed by atoms with Crippen LogP contribution in [-0.2, 0) is 4.74 Å². The molecule has 1 amide bonds. The van der Waals surface area contributed by atoms with Gasteiger partial charge in [-0.05, 0) is 18.9 Å². The van der Waals surface area contributed by atoms with E-state index < -0.39 is 0 Å². The lowest BCUT2D eigenvalue weighted by Gasteiger charge is -2.30. The average Bonchev–Trinajstić information content (AvgIpc) is 2.92. The van der Waals surface area contributed by atoms with Crippen molar-refractivity contribution in [3.8, 4) is 0 Å². The lowest BCUT2D eigenvalue weighted by molar-refractivity contribution is 0.0226. The number of H-pyrrole nitrogens is 1. The molecule has 106 valence electrons. The number of hydrogen-bond donors (Lipinski definition) is 2. The largest absolute Gasteiger partial charge is 0.381 e. The molecule has 6 heteroatoms. The number of aromatic amines is 1. The first kappa shape index (κ1) is 13.1. The summed E-state index contributed by atoms with van der Waals surface area (Å²) in [6, 6.07) is 7.62. The number of aromatic nitrogens is 2. The Labute approximate surface area is 117 Å². The summed E-state index contributed by atoms with van der Waals surface area (Å²) in [5, 5.41) is 9.75. The summed E-state index contributed by atoms with van der Waals surface area (Å²) < 4.78 is 5.32. The number of amides is 1. The van der Waals surface area contributed by atoms with Gasteiger partial charge in [-0.1, -0.05) is 18.2 Å². The van der Waals surface area contributed by atoms with Gasteiger partial charge in [0, 0.05) is 25.6 Å². The number of methoxy groups -OCH3 is 1. The number of hydrogen-bond acceptors (Lipinski definition) is 4. The minimum absolute atomic E-state index is 0.168. The second-order valence-electron chi connectivity index (χ2n) is 4.98. The van der Waals surface area contributed by atoms with Gasteiger partial charge in [0.15, 0.2) is 5.69 Å². The van der Waals surface area contributed by atoms with Gasteiger partial charge in [0.2, 0.25) is 0 Å². The predicted molar refractivity (Wildman–Crippen MR) is 75.2 cm³/mol. The second kappa shape index (κ2) is 5.60. The molecule has 0 atom stereocenters. The number of carbonyl (C=O) groups excluding carboxylic acids is 1. The molecule has 1 aliphatic heterocycles. The SMILES string of the molecule is COC1CCN(NC(=O)c2n[nH]c3ccccc23)CC1. The molecule has 2 N–H and O–H groups in total. The molecule has 2 heterocycles. The Morgan fingerprint density at radius 2 is 2.15 bits per heavy atom. The highest BCUT2D eigenvalue weighted by Gasteiger charge is 2.22. The number of benzene rings is 1. The van der Waals surface area contributed by atoms with E-state index in [1.807, 2.05) is 29.3 Å². The van der Waals surface area contributed by atoms with E-state index in [4.69, 9.17) is 4.74 Å². The first-order chi connectivity index (χ1) is 9.78. The maximum atomic E-state index is 12.3. The van der Waals surface area contributed by atoms with Crippen LogP contribution >= 0.6 is 0 Å². The summed E-state index contributed by atoms with van der Waals surface area (Å²) in [6.07, 6.45) is 2.16. The van der Waals surface area contributed by atoms with Crippen molar-refractivity contribution < 1.29 is 9.53 Å². The topological polar surface area (TPSA) is 70.2 Å². The summed E-state index contributed by atoms with van der Waals surface area (Å²) in [5.41, 5.74) is 4.22. The van der Waals surface area contributed by atoms with Gasteiger partial charge in [0.05, 0.1) is 11.6 Å². The summed E-state index contributed by atoms with van der Waals surface area (Å²) >= 11 is 0. The number of nitrogens with one attached hydrogen (secondary N) is 2. The highest BCUT2D eigenvalue weighted by Crippen LogP contribution is 2.16. The fourth-order valence-corrected chi connectivity index (χ4v) is 2.54. The van der Waals surface area contributed by atoms with Gasteiger partial charge in [-0.15, -0.1) is 0 Å². The van der Waals surface area contributed by atoms with Gasteiger partial charge in [0.1, 0.15) is 0 Å². The van der Waals surface area contributed by atoms with Gasteiger partial charge < -0.3 is 4.74 Å². The normalized spacial score (nSPS) is 17.4. The van der Waals surface area contributed by atoms with Crippen molar-refractivity contribution >= 4 is 16.8 Å². The highest BCUT2D eigenvalue weighted by molar-refractivity contribution is 6.04. The number of ether oxygens (including phenoxy) is 1. The van der Waals surface area contributed by atoms with E-state index in [9.17, 15) is 4.79 Å². The molecule has 3 rings (SSSR count). The zero-order valence-electron chi connectivity index (χ0n) is 11.4.